The fourth-order valence-electron chi connectivity index (χ4n) is 9.34. The van der Waals surface area contributed by atoms with Gasteiger partial charge in [0.25, 0.3) is 0 Å². The summed E-state index contributed by atoms with van der Waals surface area (Å²) in [5.74, 6) is 4.88. The normalized spacial score (nSPS) is 45.9. The molecule has 1 radical (unpaired) electrons. The van der Waals surface area contributed by atoms with Crippen molar-refractivity contribution >= 4 is 13.0 Å². The molecule has 4 fully saturated rings. The summed E-state index contributed by atoms with van der Waals surface area (Å²) in [6, 6.07) is 0. The summed E-state index contributed by atoms with van der Waals surface area (Å²) in [6.45, 7) is 14.0. The van der Waals surface area contributed by atoms with Crippen LogP contribution in [0.15, 0.2) is 0 Å². The van der Waals surface area contributed by atoms with Gasteiger partial charge in [-0.2, -0.15) is 0 Å². The third-order valence-corrected chi connectivity index (χ3v) is 10.8. The molecule has 0 heterocycles. The highest BCUT2D eigenvalue weighted by atomic mass is 16.3. The van der Waals surface area contributed by atoms with Gasteiger partial charge in [-0.15, -0.1) is 0 Å². The monoisotopic (exact) mass is 427 g/mol. The van der Waals surface area contributed by atoms with Gasteiger partial charge in [-0.05, 0) is 117 Å². The van der Waals surface area contributed by atoms with E-state index in [2.05, 4.69) is 41.5 Å². The first-order valence-corrected chi connectivity index (χ1v) is 13.5. The highest BCUT2D eigenvalue weighted by Gasteiger charge is 2.60. The topological polar surface area (TPSA) is 37.3 Å². The summed E-state index contributed by atoms with van der Waals surface area (Å²) in [4.78, 5) is 12.4. The standard InChI is InChI=1S/C28H48BO2/c1-18(7-12-25(31)29-26(2,3)4)22-10-11-23-21-9-8-19-17-20(30)13-15-27(19,5)24(21)14-16-28(22,23)6/h18-24,30H,7-17H2,1-6H3/t18-,19-,20-,21+,22-,23+,24+,27+,28-/m1/s1. The molecule has 1 N–H and O–H groups in total. The Morgan fingerprint density at radius 2 is 1.68 bits per heavy atom. The van der Waals surface area contributed by atoms with Gasteiger partial charge in [-0.1, -0.05) is 46.9 Å². The van der Waals surface area contributed by atoms with E-state index in [0.717, 1.165) is 55.3 Å². The maximum Gasteiger partial charge on any atom is 0.208 e. The van der Waals surface area contributed by atoms with E-state index < -0.39 is 0 Å². The van der Waals surface area contributed by atoms with E-state index in [1.165, 1.54) is 44.9 Å². The van der Waals surface area contributed by atoms with Crippen LogP contribution in [0.1, 0.15) is 112 Å². The van der Waals surface area contributed by atoms with Crippen LogP contribution in [0.4, 0.5) is 0 Å². The van der Waals surface area contributed by atoms with Gasteiger partial charge in [0.2, 0.25) is 7.28 Å². The van der Waals surface area contributed by atoms with Crippen molar-refractivity contribution < 1.29 is 9.90 Å². The highest BCUT2D eigenvalue weighted by molar-refractivity contribution is 6.76. The molecule has 31 heavy (non-hydrogen) atoms. The first-order chi connectivity index (χ1) is 14.4. The van der Waals surface area contributed by atoms with Crippen molar-refractivity contribution in [1.29, 1.82) is 0 Å². The lowest BCUT2D eigenvalue weighted by atomic mass is 9.44. The molecule has 0 aromatic heterocycles. The molecule has 0 aromatic rings. The molecule has 0 aromatic carbocycles. The van der Waals surface area contributed by atoms with Crippen molar-refractivity contribution in [1.82, 2.24) is 0 Å². The van der Waals surface area contributed by atoms with E-state index in [0.29, 0.717) is 22.4 Å². The highest BCUT2D eigenvalue weighted by Crippen LogP contribution is 2.68. The summed E-state index contributed by atoms with van der Waals surface area (Å²) in [7, 11) is 1.93. The van der Waals surface area contributed by atoms with E-state index in [4.69, 9.17) is 0 Å². The molecule has 4 aliphatic rings. The lowest BCUT2D eigenvalue weighted by molar-refractivity contribution is -0.129. The first-order valence-electron chi connectivity index (χ1n) is 13.5. The van der Waals surface area contributed by atoms with Gasteiger partial charge in [0.1, 0.15) is 0 Å². The van der Waals surface area contributed by atoms with Crippen molar-refractivity contribution in [2.24, 2.45) is 46.3 Å². The van der Waals surface area contributed by atoms with Crippen LogP contribution in [-0.4, -0.2) is 24.2 Å². The molecule has 0 aliphatic heterocycles. The SMILES string of the molecule is C[C@H](CCC(=O)[B]C(C)(C)C)[C@H]1CC[C@H]2[C@@H]3CC[C@@H]4C[C@H](O)CC[C@]4(C)[C@H]3CC[C@]12C. The number of rotatable bonds is 5. The Hall–Kier alpha value is -0.305. The predicted octanol–water partition coefficient (Wildman–Crippen LogP) is 6.87. The van der Waals surface area contributed by atoms with Crippen LogP contribution in [0, 0.1) is 46.3 Å². The fraction of sp³-hybridized carbons (Fsp3) is 0.964. The van der Waals surface area contributed by atoms with Gasteiger partial charge in [-0.3, -0.25) is 0 Å². The molecule has 0 amide bonds. The lowest BCUT2D eigenvalue weighted by Gasteiger charge is -2.61. The number of carbonyl (C=O) groups is 1. The zero-order chi connectivity index (χ0) is 22.6. The van der Waals surface area contributed by atoms with Crippen LogP contribution in [0.5, 0.6) is 0 Å². The van der Waals surface area contributed by atoms with Crippen molar-refractivity contribution in [3.05, 3.63) is 0 Å². The molecule has 0 unspecified atom stereocenters. The predicted molar refractivity (Wildman–Crippen MR) is 130 cm³/mol. The van der Waals surface area contributed by atoms with Gasteiger partial charge in [0.15, 0.2) is 0 Å². The molecule has 4 rings (SSSR count). The van der Waals surface area contributed by atoms with Crippen molar-refractivity contribution in [2.45, 2.75) is 124 Å². The Morgan fingerprint density at radius 1 is 1.00 bits per heavy atom. The minimum atomic E-state index is -0.0431. The average Bonchev–Trinajstić information content (AvgIpc) is 3.02. The van der Waals surface area contributed by atoms with Crippen LogP contribution in [0.25, 0.3) is 0 Å². The number of aliphatic hydroxyl groups is 1. The molecule has 9 atom stereocenters. The van der Waals surface area contributed by atoms with Gasteiger partial charge >= 0.3 is 0 Å². The molecule has 0 saturated heterocycles. The second-order valence-corrected chi connectivity index (χ2v) is 13.8. The lowest BCUT2D eigenvalue weighted by Crippen LogP contribution is -2.54. The molecular formula is C28H48BO2. The number of hydrogen-bond acceptors (Lipinski definition) is 2. The zero-order valence-electron chi connectivity index (χ0n) is 21.3. The Kier molecular flexibility index (Phi) is 6.52. The minimum absolute atomic E-state index is 0.00670. The number of carbonyl (C=O) groups excluding carboxylic acids is 1. The second kappa shape index (κ2) is 8.48. The van der Waals surface area contributed by atoms with Crippen molar-refractivity contribution in [2.75, 3.05) is 0 Å². The molecular weight excluding hydrogens is 379 g/mol. The summed E-state index contributed by atoms with van der Waals surface area (Å²) in [5.41, 5.74) is 1.30. The van der Waals surface area contributed by atoms with E-state index in [1.54, 1.807) is 0 Å². The molecule has 0 bridgehead atoms. The number of hydrogen-bond donors (Lipinski definition) is 1. The van der Waals surface area contributed by atoms with Crippen LogP contribution in [-0.2, 0) is 4.79 Å². The van der Waals surface area contributed by atoms with Crippen LogP contribution in [0.3, 0.4) is 0 Å². The van der Waals surface area contributed by atoms with E-state index in [-0.39, 0.29) is 11.4 Å². The van der Waals surface area contributed by atoms with Crippen LogP contribution in [0.2, 0.25) is 5.31 Å². The molecule has 175 valence electrons. The van der Waals surface area contributed by atoms with Gasteiger partial charge in [0.05, 0.1) is 11.8 Å². The maximum atomic E-state index is 12.4. The first kappa shape index (κ1) is 23.8. The molecule has 4 aliphatic carbocycles. The van der Waals surface area contributed by atoms with Crippen molar-refractivity contribution in [3.63, 3.8) is 0 Å². The van der Waals surface area contributed by atoms with Gasteiger partial charge in [-0.25, -0.2) is 0 Å². The summed E-state index contributed by atoms with van der Waals surface area (Å²) >= 11 is 0. The Balaban J connectivity index is 1.42. The largest absolute Gasteiger partial charge is 0.393 e. The smallest absolute Gasteiger partial charge is 0.208 e. The molecule has 0 spiro atoms. The van der Waals surface area contributed by atoms with E-state index >= 15 is 0 Å². The Morgan fingerprint density at radius 3 is 2.39 bits per heavy atom. The van der Waals surface area contributed by atoms with E-state index in [9.17, 15) is 9.90 Å². The third-order valence-electron chi connectivity index (χ3n) is 10.8. The number of fused-ring (bicyclic) bond motifs is 5. The quantitative estimate of drug-likeness (QED) is 0.486. The fourth-order valence-corrected chi connectivity index (χ4v) is 9.34. The van der Waals surface area contributed by atoms with Crippen molar-refractivity contribution in [3.8, 4) is 0 Å². The molecule has 2 nitrogen and oxygen atoms in total. The van der Waals surface area contributed by atoms with E-state index in [1.807, 2.05) is 7.28 Å². The Labute approximate surface area is 193 Å². The summed E-state index contributed by atoms with van der Waals surface area (Å²) < 4.78 is 0. The molecule has 4 saturated carbocycles. The zero-order valence-corrected chi connectivity index (χ0v) is 21.3. The summed E-state index contributed by atoms with van der Waals surface area (Å²) in [6.07, 6.45) is 13.4. The third kappa shape index (κ3) is 4.43. The van der Waals surface area contributed by atoms with Gasteiger partial charge < -0.3 is 9.90 Å². The second-order valence-electron chi connectivity index (χ2n) is 13.8. The Bertz CT molecular complexity index is 668. The number of aliphatic hydroxyl groups excluding tert-OH is 1. The van der Waals surface area contributed by atoms with Gasteiger partial charge in [0, 0.05) is 0 Å². The average molecular weight is 428 g/mol. The maximum absolute atomic E-state index is 12.4. The molecule has 3 heteroatoms. The summed E-state index contributed by atoms with van der Waals surface area (Å²) in [5, 5.41) is 10.3. The van der Waals surface area contributed by atoms with Crippen LogP contribution >= 0.6 is 0 Å². The van der Waals surface area contributed by atoms with Crippen LogP contribution < -0.4 is 0 Å². The minimum Gasteiger partial charge on any atom is -0.393 e.